The van der Waals surface area contributed by atoms with Gasteiger partial charge < -0.3 is 10.6 Å². The molecule has 7 heteroatoms. The van der Waals surface area contributed by atoms with E-state index in [1.807, 2.05) is 18.4 Å². The number of aryl methyl sites for hydroxylation is 1. The van der Waals surface area contributed by atoms with Gasteiger partial charge in [0.2, 0.25) is 0 Å². The van der Waals surface area contributed by atoms with Gasteiger partial charge in [0, 0.05) is 18.7 Å². The fourth-order valence-electron chi connectivity index (χ4n) is 1.78. The number of nitrogens with one attached hydrogen (secondary N) is 2. The molecule has 0 bridgehead atoms. The number of benzene rings is 1. The summed E-state index contributed by atoms with van der Waals surface area (Å²) in [6.45, 7) is 2.57. The van der Waals surface area contributed by atoms with E-state index >= 15 is 0 Å². The molecule has 1 heterocycles. The van der Waals surface area contributed by atoms with E-state index in [9.17, 15) is 9.59 Å². The molecule has 0 aliphatic rings. The minimum absolute atomic E-state index is 0.128. The fraction of sp³-hybridized carbons (Fsp3) is 0.200. The van der Waals surface area contributed by atoms with E-state index in [4.69, 9.17) is 23.2 Å². The van der Waals surface area contributed by atoms with E-state index in [0.717, 1.165) is 5.56 Å². The number of hydrogen-bond donors (Lipinski definition) is 2. The highest BCUT2D eigenvalue weighted by Crippen LogP contribution is 2.22. The molecule has 2 rings (SSSR count). The van der Waals surface area contributed by atoms with E-state index in [1.165, 1.54) is 17.4 Å². The third-order valence-corrected chi connectivity index (χ3v) is 4.70. The zero-order chi connectivity index (χ0) is 16.1. The number of carbonyl (C=O) groups is 2. The standard InChI is InChI=1S/C15H14Cl2N2O2S/c1-9-4-7-22-13(9)15(21)19-6-5-18-14(20)10-2-3-11(16)12(17)8-10/h2-4,7-8H,5-6H2,1H3,(H,18,20)(H,19,21). The molecule has 22 heavy (non-hydrogen) atoms. The monoisotopic (exact) mass is 356 g/mol. The average molecular weight is 357 g/mol. The van der Waals surface area contributed by atoms with Gasteiger partial charge in [-0.15, -0.1) is 11.3 Å². The third kappa shape index (κ3) is 4.22. The summed E-state index contributed by atoms with van der Waals surface area (Å²) in [5.74, 6) is -0.392. The zero-order valence-electron chi connectivity index (χ0n) is 11.8. The second-order valence-electron chi connectivity index (χ2n) is 4.57. The minimum atomic E-state index is -0.264. The first-order chi connectivity index (χ1) is 10.5. The highest BCUT2D eigenvalue weighted by Gasteiger charge is 2.10. The smallest absolute Gasteiger partial charge is 0.261 e. The zero-order valence-corrected chi connectivity index (χ0v) is 14.1. The van der Waals surface area contributed by atoms with Crippen LogP contribution in [0.1, 0.15) is 25.6 Å². The maximum Gasteiger partial charge on any atom is 0.261 e. The topological polar surface area (TPSA) is 58.2 Å². The van der Waals surface area contributed by atoms with Crippen molar-refractivity contribution in [3.8, 4) is 0 Å². The molecular weight excluding hydrogens is 343 g/mol. The summed E-state index contributed by atoms with van der Waals surface area (Å²) in [6, 6.07) is 6.57. The van der Waals surface area contributed by atoms with Crippen LogP contribution in [0.4, 0.5) is 0 Å². The molecule has 0 saturated heterocycles. The molecule has 2 amide bonds. The number of hydrogen-bond acceptors (Lipinski definition) is 3. The van der Waals surface area contributed by atoms with Gasteiger partial charge in [-0.25, -0.2) is 0 Å². The largest absolute Gasteiger partial charge is 0.350 e. The molecule has 0 saturated carbocycles. The maximum atomic E-state index is 11.9. The van der Waals surface area contributed by atoms with Crippen LogP contribution in [0, 0.1) is 6.92 Å². The summed E-state index contributed by atoms with van der Waals surface area (Å²) in [5, 5.41) is 8.07. The average Bonchev–Trinajstić information content (AvgIpc) is 2.92. The molecule has 0 spiro atoms. The Morgan fingerprint density at radius 2 is 1.73 bits per heavy atom. The van der Waals surface area contributed by atoms with Crippen molar-refractivity contribution < 1.29 is 9.59 Å². The van der Waals surface area contributed by atoms with Crippen LogP contribution in [-0.4, -0.2) is 24.9 Å². The highest BCUT2D eigenvalue weighted by atomic mass is 35.5. The lowest BCUT2D eigenvalue weighted by Crippen LogP contribution is -2.34. The van der Waals surface area contributed by atoms with Crippen molar-refractivity contribution in [2.75, 3.05) is 13.1 Å². The summed E-state index contributed by atoms with van der Waals surface area (Å²) < 4.78 is 0. The van der Waals surface area contributed by atoms with E-state index in [0.29, 0.717) is 33.6 Å². The molecule has 1 aromatic carbocycles. The first-order valence-corrected chi connectivity index (χ1v) is 8.18. The molecule has 116 valence electrons. The summed E-state index contributed by atoms with van der Waals surface area (Å²) >= 11 is 13.1. The van der Waals surface area contributed by atoms with Gasteiger partial charge in [-0.05, 0) is 42.1 Å². The predicted octanol–water partition coefficient (Wildman–Crippen LogP) is 3.52. The Kier molecular flexibility index (Phi) is 5.83. The van der Waals surface area contributed by atoms with E-state index in [-0.39, 0.29) is 11.8 Å². The lowest BCUT2D eigenvalue weighted by Gasteiger charge is -2.07. The number of carbonyl (C=O) groups excluding carboxylic acids is 2. The Morgan fingerprint density at radius 3 is 2.32 bits per heavy atom. The molecule has 0 atom stereocenters. The Morgan fingerprint density at radius 1 is 1.05 bits per heavy atom. The van der Waals surface area contributed by atoms with Gasteiger partial charge in [-0.3, -0.25) is 9.59 Å². The van der Waals surface area contributed by atoms with Gasteiger partial charge in [0.1, 0.15) is 0 Å². The van der Waals surface area contributed by atoms with Crippen LogP contribution in [0.5, 0.6) is 0 Å². The number of amides is 2. The second-order valence-corrected chi connectivity index (χ2v) is 6.30. The molecule has 4 nitrogen and oxygen atoms in total. The van der Waals surface area contributed by atoms with E-state index < -0.39 is 0 Å². The van der Waals surface area contributed by atoms with Crippen LogP contribution in [0.25, 0.3) is 0 Å². The molecule has 0 radical (unpaired) electrons. The summed E-state index contributed by atoms with van der Waals surface area (Å²) in [4.78, 5) is 24.5. The van der Waals surface area contributed by atoms with Crippen molar-refractivity contribution in [1.29, 1.82) is 0 Å². The van der Waals surface area contributed by atoms with Crippen molar-refractivity contribution in [1.82, 2.24) is 10.6 Å². The van der Waals surface area contributed by atoms with Crippen molar-refractivity contribution in [3.63, 3.8) is 0 Å². The van der Waals surface area contributed by atoms with E-state index in [2.05, 4.69) is 10.6 Å². The molecule has 0 unspecified atom stereocenters. The van der Waals surface area contributed by atoms with Crippen molar-refractivity contribution in [2.45, 2.75) is 6.92 Å². The Bertz CT molecular complexity index is 701. The van der Waals surface area contributed by atoms with Crippen LogP contribution in [0.3, 0.4) is 0 Å². The lowest BCUT2D eigenvalue weighted by molar-refractivity contribution is 0.0929. The van der Waals surface area contributed by atoms with Gasteiger partial charge in [0.15, 0.2) is 0 Å². The SMILES string of the molecule is Cc1ccsc1C(=O)NCCNC(=O)c1ccc(Cl)c(Cl)c1. The highest BCUT2D eigenvalue weighted by molar-refractivity contribution is 7.12. The Labute approximate surface area is 142 Å². The molecule has 1 aromatic heterocycles. The van der Waals surface area contributed by atoms with Gasteiger partial charge >= 0.3 is 0 Å². The second kappa shape index (κ2) is 7.63. The molecule has 0 aliphatic heterocycles. The first kappa shape index (κ1) is 16.8. The molecule has 0 fully saturated rings. The first-order valence-electron chi connectivity index (χ1n) is 6.54. The van der Waals surface area contributed by atoms with Crippen LogP contribution in [0.15, 0.2) is 29.6 Å². The van der Waals surface area contributed by atoms with E-state index in [1.54, 1.807) is 12.1 Å². The maximum absolute atomic E-state index is 11.9. The molecule has 2 N–H and O–H groups in total. The van der Waals surface area contributed by atoms with Crippen LogP contribution < -0.4 is 10.6 Å². The predicted molar refractivity (Wildman–Crippen MR) is 90.2 cm³/mol. The Balaban J connectivity index is 1.79. The number of halogens is 2. The molecule has 2 aromatic rings. The summed E-state index contributed by atoms with van der Waals surface area (Å²) in [7, 11) is 0. The van der Waals surface area contributed by atoms with Crippen LogP contribution in [-0.2, 0) is 0 Å². The molecular formula is C15H14Cl2N2O2S. The van der Waals surface area contributed by atoms with Crippen molar-refractivity contribution >= 4 is 46.4 Å². The number of rotatable bonds is 5. The summed E-state index contributed by atoms with van der Waals surface area (Å²) in [5.41, 5.74) is 1.37. The van der Waals surface area contributed by atoms with Gasteiger partial charge in [0.25, 0.3) is 11.8 Å². The third-order valence-electron chi connectivity index (χ3n) is 2.95. The van der Waals surface area contributed by atoms with Crippen molar-refractivity contribution in [3.05, 3.63) is 55.7 Å². The van der Waals surface area contributed by atoms with Gasteiger partial charge in [0.05, 0.1) is 14.9 Å². The van der Waals surface area contributed by atoms with Gasteiger partial charge in [-0.2, -0.15) is 0 Å². The minimum Gasteiger partial charge on any atom is -0.350 e. The summed E-state index contributed by atoms with van der Waals surface area (Å²) in [6.07, 6.45) is 0. The lowest BCUT2D eigenvalue weighted by atomic mass is 10.2. The Hall–Kier alpha value is -1.56. The van der Waals surface area contributed by atoms with Crippen molar-refractivity contribution in [2.24, 2.45) is 0 Å². The quantitative estimate of drug-likeness (QED) is 0.805. The van der Waals surface area contributed by atoms with Gasteiger partial charge in [-0.1, -0.05) is 23.2 Å². The number of thiophene rings is 1. The fourth-order valence-corrected chi connectivity index (χ4v) is 2.92. The molecule has 0 aliphatic carbocycles. The normalized spacial score (nSPS) is 10.3. The van der Waals surface area contributed by atoms with Crippen LogP contribution in [0.2, 0.25) is 10.0 Å². The van der Waals surface area contributed by atoms with Crippen LogP contribution >= 0.6 is 34.5 Å².